The quantitative estimate of drug-likeness (QED) is 0.769. The molecule has 5 rings (SSSR count). The minimum Gasteiger partial charge on any atom is -0.350 e. The molecule has 5 nitrogen and oxygen atoms in total. The number of carbonyl (C=O) groups is 1. The number of halogens is 1. The summed E-state index contributed by atoms with van der Waals surface area (Å²) in [6, 6.07) is 1.93. The number of anilines is 1. The van der Waals surface area contributed by atoms with Crippen LogP contribution in [-0.2, 0) is 19.5 Å². The van der Waals surface area contributed by atoms with E-state index in [1.54, 1.807) is 4.90 Å². The average molecular weight is 405 g/mol. The van der Waals surface area contributed by atoms with Crippen molar-refractivity contribution in [1.29, 1.82) is 0 Å². The van der Waals surface area contributed by atoms with Crippen LogP contribution in [0.15, 0.2) is 10.5 Å². The fourth-order valence-corrected chi connectivity index (χ4v) is 5.31. The molecule has 0 spiro atoms. The summed E-state index contributed by atoms with van der Waals surface area (Å²) in [6.45, 7) is 2.39. The van der Waals surface area contributed by atoms with Crippen molar-refractivity contribution in [3.8, 4) is 0 Å². The summed E-state index contributed by atoms with van der Waals surface area (Å²) in [5.74, 6) is 1.73. The number of fused-ring (bicyclic) bond motifs is 2. The maximum atomic E-state index is 12.1. The van der Waals surface area contributed by atoms with Crippen molar-refractivity contribution in [2.45, 2.75) is 38.3 Å². The molecule has 3 aliphatic rings. The van der Waals surface area contributed by atoms with Gasteiger partial charge in [-0.25, -0.2) is 9.97 Å². The fraction of sp³-hybridized carbons (Fsp3) is 0.471. The number of carbonyl (C=O) groups excluding carboxylic acids is 1. The minimum absolute atomic E-state index is 0.0576. The predicted molar refractivity (Wildman–Crippen MR) is 96.6 cm³/mol. The lowest BCUT2D eigenvalue weighted by molar-refractivity contribution is 0.0816. The number of pyridine rings is 1. The molecule has 1 amide bonds. The molecule has 7 heteroatoms. The minimum atomic E-state index is 0.0576. The number of aromatic nitrogens is 2. The Kier molecular flexibility index (Phi) is 3.25. The maximum Gasteiger partial charge on any atom is 0.255 e. The SMILES string of the molecule is CN1Cc2nc(N3CCc4nc(C5CC5)sc4C3)c(Br)cc2C1=O. The van der Waals surface area contributed by atoms with Crippen molar-refractivity contribution in [2.75, 3.05) is 18.5 Å². The summed E-state index contributed by atoms with van der Waals surface area (Å²) >= 11 is 5.50. The molecule has 0 bridgehead atoms. The third-order valence-electron chi connectivity index (χ3n) is 4.97. The molecule has 0 unspecified atom stereocenters. The van der Waals surface area contributed by atoms with Gasteiger partial charge in [0, 0.05) is 30.8 Å². The highest BCUT2D eigenvalue weighted by Crippen LogP contribution is 2.44. The maximum absolute atomic E-state index is 12.1. The third-order valence-corrected chi connectivity index (χ3v) is 6.80. The van der Waals surface area contributed by atoms with E-state index in [4.69, 9.17) is 9.97 Å². The lowest BCUT2D eigenvalue weighted by Gasteiger charge is -2.28. The van der Waals surface area contributed by atoms with Crippen molar-refractivity contribution in [3.05, 3.63) is 37.4 Å². The van der Waals surface area contributed by atoms with Gasteiger partial charge in [-0.3, -0.25) is 4.79 Å². The van der Waals surface area contributed by atoms with Crippen LogP contribution in [0.25, 0.3) is 0 Å². The van der Waals surface area contributed by atoms with Crippen LogP contribution in [0.2, 0.25) is 0 Å². The van der Waals surface area contributed by atoms with Crippen LogP contribution in [0.4, 0.5) is 5.82 Å². The second-order valence-electron chi connectivity index (χ2n) is 6.82. The Balaban J connectivity index is 1.47. The zero-order valence-electron chi connectivity index (χ0n) is 13.4. The van der Waals surface area contributed by atoms with Crippen LogP contribution in [0.3, 0.4) is 0 Å². The third kappa shape index (κ3) is 2.29. The summed E-state index contributed by atoms with van der Waals surface area (Å²) in [5, 5.41) is 1.33. The van der Waals surface area contributed by atoms with Gasteiger partial charge in [0.1, 0.15) is 5.82 Å². The molecule has 2 aromatic heterocycles. The smallest absolute Gasteiger partial charge is 0.255 e. The summed E-state index contributed by atoms with van der Waals surface area (Å²) in [5.41, 5.74) is 2.89. The van der Waals surface area contributed by atoms with Crippen molar-refractivity contribution in [3.63, 3.8) is 0 Å². The van der Waals surface area contributed by atoms with Gasteiger partial charge in [-0.2, -0.15) is 0 Å². The van der Waals surface area contributed by atoms with E-state index in [0.29, 0.717) is 6.54 Å². The van der Waals surface area contributed by atoms with E-state index in [0.717, 1.165) is 47.0 Å². The number of rotatable bonds is 2. The number of nitrogens with zero attached hydrogens (tertiary/aromatic N) is 4. The van der Waals surface area contributed by atoms with E-state index < -0.39 is 0 Å². The van der Waals surface area contributed by atoms with Crippen LogP contribution in [0, 0.1) is 0 Å². The van der Waals surface area contributed by atoms with Gasteiger partial charge in [-0.15, -0.1) is 11.3 Å². The number of hydrogen-bond donors (Lipinski definition) is 0. The molecular formula is C17H17BrN4OS. The highest BCUT2D eigenvalue weighted by molar-refractivity contribution is 9.10. The standard InChI is InChI=1S/C17H17BrN4OS/c1-21-7-13-10(17(21)23)6-11(18)15(19-13)22-5-4-12-14(8-22)24-16(20-12)9-2-3-9/h6,9H,2-5,7-8H2,1H3. The largest absolute Gasteiger partial charge is 0.350 e. The summed E-state index contributed by atoms with van der Waals surface area (Å²) in [4.78, 5) is 27.2. The van der Waals surface area contributed by atoms with Gasteiger partial charge in [-0.1, -0.05) is 0 Å². The highest BCUT2D eigenvalue weighted by Gasteiger charge is 2.32. The summed E-state index contributed by atoms with van der Waals surface area (Å²) in [7, 11) is 1.82. The Morgan fingerprint density at radius 2 is 2.08 bits per heavy atom. The van der Waals surface area contributed by atoms with Gasteiger partial charge in [0.25, 0.3) is 5.91 Å². The van der Waals surface area contributed by atoms with Gasteiger partial charge >= 0.3 is 0 Å². The Morgan fingerprint density at radius 3 is 2.88 bits per heavy atom. The molecule has 2 aromatic rings. The molecular weight excluding hydrogens is 388 g/mol. The van der Waals surface area contributed by atoms with Crippen LogP contribution in [-0.4, -0.2) is 34.4 Å². The molecule has 0 aromatic carbocycles. The fourth-order valence-electron chi connectivity index (χ4n) is 3.45. The number of amides is 1. The molecule has 24 heavy (non-hydrogen) atoms. The molecule has 1 saturated carbocycles. The Morgan fingerprint density at radius 1 is 1.25 bits per heavy atom. The first kappa shape index (κ1) is 14.8. The number of hydrogen-bond acceptors (Lipinski definition) is 5. The van der Waals surface area contributed by atoms with Crippen LogP contribution in [0.5, 0.6) is 0 Å². The molecule has 0 atom stereocenters. The van der Waals surface area contributed by atoms with Gasteiger partial charge in [-0.05, 0) is 34.8 Å². The molecule has 0 N–H and O–H groups in total. The first-order chi connectivity index (χ1) is 11.6. The lowest BCUT2D eigenvalue weighted by atomic mass is 10.1. The zero-order valence-corrected chi connectivity index (χ0v) is 15.8. The van der Waals surface area contributed by atoms with E-state index in [2.05, 4.69) is 20.8 Å². The average Bonchev–Trinajstić information content (AvgIpc) is 3.28. The molecule has 4 heterocycles. The summed E-state index contributed by atoms with van der Waals surface area (Å²) < 4.78 is 0.903. The summed E-state index contributed by atoms with van der Waals surface area (Å²) in [6.07, 6.45) is 3.58. The molecule has 0 saturated heterocycles. The molecule has 1 fully saturated rings. The second-order valence-corrected chi connectivity index (χ2v) is 8.79. The van der Waals surface area contributed by atoms with Crippen molar-refractivity contribution in [2.24, 2.45) is 0 Å². The molecule has 1 aliphatic carbocycles. The van der Waals surface area contributed by atoms with Gasteiger partial charge < -0.3 is 9.80 Å². The predicted octanol–water partition coefficient (Wildman–Crippen LogP) is 3.33. The molecule has 124 valence electrons. The Bertz CT molecular complexity index is 861. The zero-order chi connectivity index (χ0) is 16.4. The topological polar surface area (TPSA) is 49.3 Å². The first-order valence-corrected chi connectivity index (χ1v) is 9.89. The first-order valence-electron chi connectivity index (χ1n) is 8.28. The van der Waals surface area contributed by atoms with E-state index >= 15 is 0 Å². The van der Waals surface area contributed by atoms with Crippen molar-refractivity contribution >= 4 is 39.0 Å². The van der Waals surface area contributed by atoms with E-state index in [9.17, 15) is 4.79 Å². The van der Waals surface area contributed by atoms with Gasteiger partial charge in [0.2, 0.25) is 0 Å². The van der Waals surface area contributed by atoms with Crippen molar-refractivity contribution < 1.29 is 4.79 Å². The highest BCUT2D eigenvalue weighted by atomic mass is 79.9. The molecule has 0 radical (unpaired) electrons. The van der Waals surface area contributed by atoms with E-state index in [-0.39, 0.29) is 5.91 Å². The van der Waals surface area contributed by atoms with E-state index in [1.165, 1.54) is 28.4 Å². The lowest BCUT2D eigenvalue weighted by Crippen LogP contribution is -2.31. The number of thiazole rings is 1. The van der Waals surface area contributed by atoms with Crippen molar-refractivity contribution in [1.82, 2.24) is 14.9 Å². The Hall–Kier alpha value is -1.47. The van der Waals surface area contributed by atoms with Crippen LogP contribution < -0.4 is 4.90 Å². The van der Waals surface area contributed by atoms with Crippen LogP contribution >= 0.6 is 27.3 Å². The normalized spacial score (nSPS) is 19.7. The Labute approximate surface area is 152 Å². The van der Waals surface area contributed by atoms with Gasteiger partial charge in [0.15, 0.2) is 0 Å². The van der Waals surface area contributed by atoms with Crippen LogP contribution in [0.1, 0.15) is 50.4 Å². The molecule has 2 aliphatic heterocycles. The van der Waals surface area contributed by atoms with Gasteiger partial charge in [0.05, 0.1) is 39.5 Å². The monoisotopic (exact) mass is 404 g/mol. The van der Waals surface area contributed by atoms with E-state index in [1.807, 2.05) is 24.5 Å². The second kappa shape index (κ2) is 5.26.